The number of methoxy groups -OCH3 is 2. The number of aromatic nitrogens is 1. The second-order valence-corrected chi connectivity index (χ2v) is 8.13. The summed E-state index contributed by atoms with van der Waals surface area (Å²) in [5.74, 6) is 2.03. The van der Waals surface area contributed by atoms with Crippen LogP contribution in [0.15, 0.2) is 18.2 Å². The topological polar surface area (TPSA) is 57.8 Å². The van der Waals surface area contributed by atoms with Crippen LogP contribution in [-0.2, 0) is 0 Å². The normalized spacial score (nSPS) is 22.7. The van der Waals surface area contributed by atoms with Gasteiger partial charge in [0.15, 0.2) is 0 Å². The van der Waals surface area contributed by atoms with Gasteiger partial charge in [-0.1, -0.05) is 6.42 Å². The van der Waals surface area contributed by atoms with Gasteiger partial charge >= 0.3 is 0 Å². The number of hydrogen-bond donors (Lipinski definition) is 1. The molecule has 1 aromatic heterocycles. The predicted molar refractivity (Wildman–Crippen MR) is 110 cm³/mol. The van der Waals surface area contributed by atoms with Crippen LogP contribution in [-0.4, -0.2) is 67.6 Å². The number of carbonyl (C=O) groups is 1. The van der Waals surface area contributed by atoms with Crippen LogP contribution in [0.4, 0.5) is 0 Å². The number of aromatic amines is 1. The second kappa shape index (κ2) is 8.03. The minimum Gasteiger partial charge on any atom is -0.496 e. The van der Waals surface area contributed by atoms with E-state index in [1.165, 1.54) is 45.2 Å². The van der Waals surface area contributed by atoms with Gasteiger partial charge in [0.1, 0.15) is 17.2 Å². The van der Waals surface area contributed by atoms with Gasteiger partial charge in [-0.05, 0) is 62.9 Å². The maximum Gasteiger partial charge on any atom is 0.270 e. The number of rotatable bonds is 5. The predicted octanol–water partition coefficient (Wildman–Crippen LogP) is 3.52. The molecule has 2 aliphatic rings. The number of piperidine rings is 2. The summed E-state index contributed by atoms with van der Waals surface area (Å²) in [4.78, 5) is 20.9. The van der Waals surface area contributed by atoms with E-state index in [2.05, 4.69) is 9.88 Å². The molecular weight excluding hydrogens is 354 g/mol. The molecule has 0 spiro atoms. The Morgan fingerprint density at radius 2 is 1.89 bits per heavy atom. The smallest absolute Gasteiger partial charge is 0.270 e. The third-order valence-corrected chi connectivity index (χ3v) is 6.47. The number of ether oxygens (including phenoxy) is 2. The van der Waals surface area contributed by atoms with Crippen LogP contribution in [0.2, 0.25) is 0 Å². The van der Waals surface area contributed by atoms with Crippen LogP contribution in [0, 0.1) is 5.92 Å². The molecule has 1 amide bonds. The number of benzene rings is 1. The lowest BCUT2D eigenvalue weighted by Gasteiger charge is -2.45. The van der Waals surface area contributed by atoms with Crippen molar-refractivity contribution in [2.24, 2.45) is 5.92 Å². The minimum absolute atomic E-state index is 0.0215. The summed E-state index contributed by atoms with van der Waals surface area (Å²) in [7, 11) is 5.19. The molecule has 2 saturated heterocycles. The van der Waals surface area contributed by atoms with Crippen molar-refractivity contribution >= 4 is 16.8 Å². The maximum atomic E-state index is 13.1. The van der Waals surface area contributed by atoms with Gasteiger partial charge in [-0.25, -0.2) is 0 Å². The van der Waals surface area contributed by atoms with Crippen LogP contribution in [0.25, 0.3) is 10.9 Å². The highest BCUT2D eigenvalue weighted by Gasteiger charge is 2.34. The van der Waals surface area contributed by atoms with E-state index in [4.69, 9.17) is 9.47 Å². The van der Waals surface area contributed by atoms with Crippen molar-refractivity contribution in [1.29, 1.82) is 0 Å². The molecule has 2 atom stereocenters. The molecule has 0 saturated carbocycles. The van der Waals surface area contributed by atoms with E-state index in [9.17, 15) is 4.79 Å². The molecule has 2 unspecified atom stereocenters. The average Bonchev–Trinajstić information content (AvgIpc) is 3.18. The third kappa shape index (κ3) is 3.46. The Balaban J connectivity index is 1.53. The number of amides is 1. The van der Waals surface area contributed by atoms with E-state index >= 15 is 0 Å². The summed E-state index contributed by atoms with van der Waals surface area (Å²) in [5.41, 5.74) is 1.38. The molecule has 1 N–H and O–H groups in total. The van der Waals surface area contributed by atoms with Crippen molar-refractivity contribution in [1.82, 2.24) is 14.8 Å². The zero-order valence-corrected chi connectivity index (χ0v) is 17.2. The molecular formula is C22H31N3O3. The van der Waals surface area contributed by atoms with Gasteiger partial charge in [0.2, 0.25) is 0 Å². The maximum absolute atomic E-state index is 13.1. The van der Waals surface area contributed by atoms with E-state index in [-0.39, 0.29) is 5.91 Å². The van der Waals surface area contributed by atoms with Crippen molar-refractivity contribution < 1.29 is 14.3 Å². The van der Waals surface area contributed by atoms with Crippen molar-refractivity contribution in [3.63, 3.8) is 0 Å². The van der Waals surface area contributed by atoms with Crippen molar-refractivity contribution in [2.45, 2.75) is 38.1 Å². The fraction of sp³-hybridized carbons (Fsp3) is 0.591. The Hall–Kier alpha value is -2.21. The second-order valence-electron chi connectivity index (χ2n) is 8.13. The summed E-state index contributed by atoms with van der Waals surface area (Å²) in [5, 5.41) is 0.870. The van der Waals surface area contributed by atoms with Crippen LogP contribution in [0.3, 0.4) is 0 Å². The van der Waals surface area contributed by atoms with Gasteiger partial charge in [-0.15, -0.1) is 0 Å². The highest BCUT2D eigenvalue weighted by atomic mass is 16.5. The van der Waals surface area contributed by atoms with Gasteiger partial charge in [-0.2, -0.15) is 0 Å². The molecule has 0 radical (unpaired) electrons. The zero-order chi connectivity index (χ0) is 19.7. The fourth-order valence-electron chi connectivity index (χ4n) is 5.06. The summed E-state index contributed by atoms with van der Waals surface area (Å²) in [6.45, 7) is 3.25. The first kappa shape index (κ1) is 19.1. The minimum atomic E-state index is 0.0215. The number of carbonyl (C=O) groups excluding carboxylic acids is 1. The molecule has 1 aromatic carbocycles. The number of H-pyrrole nitrogens is 1. The molecule has 2 aromatic rings. The first-order valence-electron chi connectivity index (χ1n) is 10.4. The molecule has 6 nitrogen and oxygen atoms in total. The highest BCUT2D eigenvalue weighted by molar-refractivity contribution is 6.01. The standard InChI is InChI=1S/C22H31N3O3/c1-24(14-15-7-6-12-25-11-5-4-8-18(15)25)22(26)17-13-16-19(27-2)9-10-20(28-3)21(16)23-17/h9-10,13,15,18,23H,4-8,11-12,14H2,1-3H3. The summed E-state index contributed by atoms with van der Waals surface area (Å²) >= 11 is 0. The summed E-state index contributed by atoms with van der Waals surface area (Å²) in [6.07, 6.45) is 6.36. The Labute approximate surface area is 166 Å². The lowest BCUT2D eigenvalue weighted by atomic mass is 9.83. The number of fused-ring (bicyclic) bond motifs is 2. The lowest BCUT2D eigenvalue weighted by molar-refractivity contribution is 0.0401. The Bertz CT molecular complexity index is 804. The zero-order valence-electron chi connectivity index (χ0n) is 17.2. The lowest BCUT2D eigenvalue weighted by Crippen LogP contribution is -2.51. The van der Waals surface area contributed by atoms with Crippen molar-refractivity contribution in [3.8, 4) is 11.5 Å². The molecule has 4 rings (SSSR count). The first-order valence-corrected chi connectivity index (χ1v) is 10.4. The van der Waals surface area contributed by atoms with Crippen molar-refractivity contribution in [2.75, 3.05) is 40.9 Å². The van der Waals surface area contributed by atoms with Gasteiger partial charge in [0.05, 0.1) is 19.7 Å². The average molecular weight is 386 g/mol. The van der Waals surface area contributed by atoms with Crippen LogP contribution in [0.5, 0.6) is 11.5 Å². The Kier molecular flexibility index (Phi) is 5.49. The Morgan fingerprint density at radius 1 is 1.14 bits per heavy atom. The van der Waals surface area contributed by atoms with E-state index in [1.807, 2.05) is 30.1 Å². The molecule has 2 fully saturated rings. The number of nitrogens with zero attached hydrogens (tertiary/aromatic N) is 2. The van der Waals surface area contributed by atoms with Crippen LogP contribution in [0.1, 0.15) is 42.6 Å². The molecule has 3 heterocycles. The highest BCUT2D eigenvalue weighted by Crippen LogP contribution is 2.34. The number of nitrogens with one attached hydrogen (secondary N) is 1. The first-order chi connectivity index (χ1) is 13.6. The van der Waals surface area contributed by atoms with Crippen LogP contribution >= 0.6 is 0 Å². The van der Waals surface area contributed by atoms with Gasteiger partial charge in [0.25, 0.3) is 5.91 Å². The van der Waals surface area contributed by atoms with Gasteiger partial charge < -0.3 is 24.3 Å². The molecule has 2 aliphatic heterocycles. The largest absolute Gasteiger partial charge is 0.496 e. The summed E-state index contributed by atoms with van der Waals surface area (Å²) in [6, 6.07) is 6.24. The monoisotopic (exact) mass is 385 g/mol. The fourth-order valence-corrected chi connectivity index (χ4v) is 5.06. The molecule has 0 bridgehead atoms. The summed E-state index contributed by atoms with van der Waals surface area (Å²) < 4.78 is 10.9. The molecule has 28 heavy (non-hydrogen) atoms. The molecule has 0 aliphatic carbocycles. The molecule has 6 heteroatoms. The van der Waals surface area contributed by atoms with E-state index < -0.39 is 0 Å². The van der Waals surface area contributed by atoms with E-state index in [1.54, 1.807) is 14.2 Å². The van der Waals surface area contributed by atoms with Crippen molar-refractivity contribution in [3.05, 3.63) is 23.9 Å². The molecule has 152 valence electrons. The SMILES string of the molecule is COc1ccc(OC)c2[nH]c(C(=O)N(C)CC3CCCN4CCCCC34)cc12. The van der Waals surface area contributed by atoms with Gasteiger partial charge in [-0.3, -0.25) is 4.79 Å². The van der Waals surface area contributed by atoms with Gasteiger partial charge in [0, 0.05) is 25.0 Å². The number of hydrogen-bond acceptors (Lipinski definition) is 4. The van der Waals surface area contributed by atoms with E-state index in [0.29, 0.717) is 23.4 Å². The Morgan fingerprint density at radius 3 is 2.68 bits per heavy atom. The van der Waals surface area contributed by atoms with Crippen LogP contribution < -0.4 is 9.47 Å². The quantitative estimate of drug-likeness (QED) is 0.856. The third-order valence-electron chi connectivity index (χ3n) is 6.47. The van der Waals surface area contributed by atoms with E-state index in [0.717, 1.165) is 23.2 Å².